The van der Waals surface area contributed by atoms with Crippen molar-refractivity contribution in [2.45, 2.75) is 13.3 Å². The Morgan fingerprint density at radius 3 is 3.00 bits per heavy atom. The van der Waals surface area contributed by atoms with E-state index in [0.29, 0.717) is 18.0 Å². The first-order valence-corrected chi connectivity index (χ1v) is 4.15. The predicted molar refractivity (Wildman–Crippen MR) is 50.7 cm³/mol. The molecule has 1 heterocycles. The van der Waals surface area contributed by atoms with Crippen LogP contribution in [0.25, 0.3) is 0 Å². The highest BCUT2D eigenvalue weighted by Crippen LogP contribution is 2.09. The molecule has 64 valence electrons. The van der Waals surface area contributed by atoms with E-state index < -0.39 is 0 Å². The second kappa shape index (κ2) is 4.21. The molecule has 0 amide bonds. The van der Waals surface area contributed by atoms with Crippen molar-refractivity contribution in [3.8, 4) is 0 Å². The highest BCUT2D eigenvalue weighted by atomic mass is 35.5. The smallest absolute Gasteiger partial charge is 0.155 e. The van der Waals surface area contributed by atoms with E-state index >= 15 is 0 Å². The van der Waals surface area contributed by atoms with Gasteiger partial charge in [-0.2, -0.15) is 0 Å². The highest BCUT2D eigenvalue weighted by Gasteiger charge is 2.03. The predicted octanol–water partition coefficient (Wildman–Crippen LogP) is 2.10. The minimum Gasteiger partial charge on any atom is -0.295 e. The van der Waals surface area contributed by atoms with Crippen LogP contribution < -0.4 is 0 Å². The van der Waals surface area contributed by atoms with Crippen LogP contribution in [0, 0.1) is 0 Å². The number of Topliss-reactive ketones (excluding diaryl/α,β-unsaturated/α-hetero) is 1. The minimum atomic E-state index is 0.0906. The monoisotopic (exact) mass is 183 g/mol. The standard InChI is InChI=1S/C9H10ClNO/c1-7(12)8-2-3-9(10)6-11-5-4-8/h2-3,6H,4-5H2,1H3. The maximum atomic E-state index is 11.0. The van der Waals surface area contributed by atoms with Crippen LogP contribution in [0.2, 0.25) is 0 Å². The van der Waals surface area contributed by atoms with Gasteiger partial charge in [0.15, 0.2) is 5.78 Å². The Labute approximate surface area is 76.6 Å². The van der Waals surface area contributed by atoms with Crippen molar-refractivity contribution < 1.29 is 4.79 Å². The van der Waals surface area contributed by atoms with Crippen LogP contribution in [0.1, 0.15) is 13.3 Å². The lowest BCUT2D eigenvalue weighted by atomic mass is 10.1. The summed E-state index contributed by atoms with van der Waals surface area (Å²) in [5, 5.41) is 0.563. The second-order valence-electron chi connectivity index (χ2n) is 2.58. The number of hydrogen-bond acceptors (Lipinski definition) is 2. The molecule has 0 bridgehead atoms. The van der Waals surface area contributed by atoms with E-state index in [-0.39, 0.29) is 5.78 Å². The van der Waals surface area contributed by atoms with Crippen LogP contribution in [0.4, 0.5) is 0 Å². The van der Waals surface area contributed by atoms with Crippen LogP contribution in [0.5, 0.6) is 0 Å². The molecular formula is C9H10ClNO. The third kappa shape index (κ3) is 2.62. The first-order valence-electron chi connectivity index (χ1n) is 3.77. The number of halogens is 1. The van der Waals surface area contributed by atoms with Gasteiger partial charge in [-0.15, -0.1) is 0 Å². The molecule has 3 heteroatoms. The topological polar surface area (TPSA) is 29.4 Å². The Hall–Kier alpha value is -0.890. The maximum Gasteiger partial charge on any atom is 0.155 e. The number of aliphatic imine (C=N–C) groups is 1. The Balaban J connectivity index is 2.85. The van der Waals surface area contributed by atoms with Crippen LogP contribution in [0.15, 0.2) is 27.7 Å². The Bertz CT molecular complexity index is 276. The number of carbonyl (C=O) groups is 1. The lowest BCUT2D eigenvalue weighted by molar-refractivity contribution is -0.113. The van der Waals surface area contributed by atoms with E-state index in [1.54, 1.807) is 25.3 Å². The van der Waals surface area contributed by atoms with Crippen molar-refractivity contribution in [1.82, 2.24) is 0 Å². The molecule has 0 spiro atoms. The van der Waals surface area contributed by atoms with Crippen molar-refractivity contribution in [2.24, 2.45) is 4.99 Å². The molecule has 0 fully saturated rings. The molecule has 12 heavy (non-hydrogen) atoms. The highest BCUT2D eigenvalue weighted by molar-refractivity contribution is 6.39. The molecule has 2 nitrogen and oxygen atoms in total. The van der Waals surface area contributed by atoms with Gasteiger partial charge in [-0.3, -0.25) is 9.79 Å². The average Bonchev–Trinajstić information content (AvgIpc) is 1.97. The number of nitrogens with zero attached hydrogens (tertiary/aromatic N) is 1. The summed E-state index contributed by atoms with van der Waals surface area (Å²) in [6.07, 6.45) is 5.76. The fourth-order valence-electron chi connectivity index (χ4n) is 0.937. The van der Waals surface area contributed by atoms with E-state index in [4.69, 9.17) is 11.6 Å². The Kier molecular flexibility index (Phi) is 3.23. The molecule has 0 N–H and O–H groups in total. The molecule has 0 saturated heterocycles. The van der Waals surface area contributed by atoms with Gasteiger partial charge in [0.05, 0.1) is 5.03 Å². The molecule has 0 atom stereocenters. The SMILES string of the molecule is CC(=O)C1=CC=C(Cl)C=NCC1. The van der Waals surface area contributed by atoms with Crippen molar-refractivity contribution in [2.75, 3.05) is 6.54 Å². The summed E-state index contributed by atoms with van der Waals surface area (Å²) in [7, 11) is 0. The van der Waals surface area contributed by atoms with Crippen molar-refractivity contribution >= 4 is 23.6 Å². The quantitative estimate of drug-likeness (QED) is 0.612. The van der Waals surface area contributed by atoms with E-state index in [1.807, 2.05) is 0 Å². The number of hydrogen-bond donors (Lipinski definition) is 0. The van der Waals surface area contributed by atoms with Crippen LogP contribution >= 0.6 is 11.6 Å². The van der Waals surface area contributed by atoms with Crippen molar-refractivity contribution in [1.29, 1.82) is 0 Å². The second-order valence-corrected chi connectivity index (χ2v) is 3.02. The molecule has 0 saturated carbocycles. The zero-order valence-electron chi connectivity index (χ0n) is 6.88. The van der Waals surface area contributed by atoms with E-state index in [9.17, 15) is 4.79 Å². The molecule has 0 aliphatic carbocycles. The first-order chi connectivity index (χ1) is 5.70. The van der Waals surface area contributed by atoms with Gasteiger partial charge in [-0.1, -0.05) is 17.7 Å². The van der Waals surface area contributed by atoms with E-state index in [1.165, 1.54) is 0 Å². The number of rotatable bonds is 1. The molecule has 0 aromatic carbocycles. The molecule has 0 aromatic rings. The molecular weight excluding hydrogens is 174 g/mol. The summed E-state index contributed by atoms with van der Waals surface area (Å²) in [5.41, 5.74) is 0.782. The fourth-order valence-corrected chi connectivity index (χ4v) is 1.07. The zero-order chi connectivity index (χ0) is 8.97. The molecule has 0 unspecified atom stereocenters. The van der Waals surface area contributed by atoms with Gasteiger partial charge in [0.2, 0.25) is 0 Å². The minimum absolute atomic E-state index is 0.0906. The summed E-state index contributed by atoms with van der Waals surface area (Å²) < 4.78 is 0. The molecule has 1 aliphatic heterocycles. The summed E-state index contributed by atoms with van der Waals surface area (Å²) in [5.74, 6) is 0.0906. The summed E-state index contributed by atoms with van der Waals surface area (Å²) in [4.78, 5) is 15.0. The lowest BCUT2D eigenvalue weighted by Crippen LogP contribution is -2.00. The number of allylic oxidation sites excluding steroid dienone is 3. The average molecular weight is 184 g/mol. The van der Waals surface area contributed by atoms with Gasteiger partial charge >= 0.3 is 0 Å². The zero-order valence-corrected chi connectivity index (χ0v) is 7.64. The molecule has 0 aromatic heterocycles. The van der Waals surface area contributed by atoms with Crippen LogP contribution in [0.3, 0.4) is 0 Å². The van der Waals surface area contributed by atoms with Gasteiger partial charge in [-0.25, -0.2) is 0 Å². The summed E-state index contributed by atoms with van der Waals surface area (Å²) in [6.45, 7) is 2.19. The number of ketones is 1. The number of carbonyl (C=O) groups excluding carboxylic acids is 1. The fraction of sp³-hybridized carbons (Fsp3) is 0.333. The van der Waals surface area contributed by atoms with Crippen LogP contribution in [-0.4, -0.2) is 18.5 Å². The van der Waals surface area contributed by atoms with Crippen molar-refractivity contribution in [3.63, 3.8) is 0 Å². The van der Waals surface area contributed by atoms with Gasteiger partial charge < -0.3 is 0 Å². The van der Waals surface area contributed by atoms with Gasteiger partial charge in [0, 0.05) is 12.8 Å². The third-order valence-electron chi connectivity index (χ3n) is 1.62. The van der Waals surface area contributed by atoms with Gasteiger partial charge in [0.25, 0.3) is 0 Å². The molecule has 1 rings (SSSR count). The van der Waals surface area contributed by atoms with Gasteiger partial charge in [0.1, 0.15) is 0 Å². The van der Waals surface area contributed by atoms with E-state index in [0.717, 1.165) is 5.57 Å². The van der Waals surface area contributed by atoms with E-state index in [2.05, 4.69) is 4.99 Å². The van der Waals surface area contributed by atoms with Crippen LogP contribution in [-0.2, 0) is 4.79 Å². The lowest BCUT2D eigenvalue weighted by Gasteiger charge is -2.01. The Morgan fingerprint density at radius 1 is 1.58 bits per heavy atom. The third-order valence-corrected chi connectivity index (χ3v) is 1.84. The molecule has 0 radical (unpaired) electrons. The van der Waals surface area contributed by atoms with Crippen molar-refractivity contribution in [3.05, 3.63) is 22.8 Å². The first kappa shape index (κ1) is 9.20. The summed E-state index contributed by atoms with van der Waals surface area (Å²) >= 11 is 5.72. The largest absolute Gasteiger partial charge is 0.295 e. The Morgan fingerprint density at radius 2 is 2.33 bits per heavy atom. The maximum absolute atomic E-state index is 11.0. The summed E-state index contributed by atoms with van der Waals surface area (Å²) in [6, 6.07) is 0. The van der Waals surface area contributed by atoms with Gasteiger partial charge in [-0.05, 0) is 25.0 Å². The molecule has 1 aliphatic rings. The normalized spacial score (nSPS) is 17.5.